The van der Waals surface area contributed by atoms with Gasteiger partial charge in [-0.3, -0.25) is 0 Å². The van der Waals surface area contributed by atoms with Crippen LogP contribution in [0.15, 0.2) is 237 Å². The summed E-state index contributed by atoms with van der Waals surface area (Å²) >= 11 is 0. The summed E-state index contributed by atoms with van der Waals surface area (Å²) in [6.45, 7) is 8.32. The molecule has 0 fully saturated rings. The van der Waals surface area contributed by atoms with Gasteiger partial charge in [0.1, 0.15) is 0 Å². The van der Waals surface area contributed by atoms with Crippen LogP contribution in [0.25, 0.3) is 137 Å². The highest BCUT2D eigenvalue weighted by Gasteiger charge is 2.32. The van der Waals surface area contributed by atoms with E-state index < -0.39 is 11.7 Å². The number of hydrogen-bond acceptors (Lipinski definition) is 1. The fraction of sp³-hybridized carbons (Fsp3) is 0.0145. The van der Waals surface area contributed by atoms with Crippen molar-refractivity contribution in [2.75, 3.05) is 0 Å². The van der Waals surface area contributed by atoms with Crippen LogP contribution in [0, 0.1) is 17.9 Å². The quantitative estimate of drug-likeness (QED) is 0.153. The monoisotopic (exact) mass is 1010 g/mol. The molecule has 0 spiro atoms. The molecule has 6 nitrogen and oxygen atoms in total. The number of alkyl halides is 3. The van der Waals surface area contributed by atoms with Crippen molar-refractivity contribution in [1.82, 2.24) is 18.3 Å². The normalized spacial score (nSPS) is 12.0. The van der Waals surface area contributed by atoms with Gasteiger partial charge in [0.2, 0.25) is 0 Å². The Labute approximate surface area is 443 Å². The predicted molar refractivity (Wildman–Crippen MR) is 311 cm³/mol. The van der Waals surface area contributed by atoms with Gasteiger partial charge in [0.05, 0.1) is 68.0 Å². The van der Waals surface area contributed by atoms with Crippen molar-refractivity contribution in [3.8, 4) is 51.1 Å². The number of nitriles is 1. The average Bonchev–Trinajstić information content (AvgIpc) is 4.42. The van der Waals surface area contributed by atoms with Crippen molar-refractivity contribution in [2.45, 2.75) is 6.18 Å². The van der Waals surface area contributed by atoms with Crippen LogP contribution in [0.2, 0.25) is 0 Å². The molecule has 0 aliphatic heterocycles. The third kappa shape index (κ3) is 6.49. The maximum atomic E-state index is 14.4. The fourth-order valence-corrected chi connectivity index (χ4v) is 12.4. The molecule has 366 valence electrons. The van der Waals surface area contributed by atoms with Gasteiger partial charge < -0.3 is 18.3 Å². The number of fused-ring (bicyclic) bond motifs is 14. The molecular formula is C69H39F3N6. The van der Waals surface area contributed by atoms with Crippen LogP contribution in [0.5, 0.6) is 0 Å². The smallest absolute Gasteiger partial charge is 0.309 e. The zero-order chi connectivity index (χ0) is 52.4. The summed E-state index contributed by atoms with van der Waals surface area (Å²) in [4.78, 5) is 3.74. The number of para-hydroxylation sites is 6. The number of aromatic nitrogens is 4. The first kappa shape index (κ1) is 44.8. The predicted octanol–water partition coefficient (Wildman–Crippen LogP) is 18.9. The van der Waals surface area contributed by atoms with E-state index >= 15 is 0 Å². The zero-order valence-corrected chi connectivity index (χ0v) is 41.3. The molecule has 0 saturated heterocycles. The number of rotatable bonds is 6. The minimum absolute atomic E-state index is 0.141. The van der Waals surface area contributed by atoms with E-state index in [0.29, 0.717) is 27.8 Å². The summed E-state index contributed by atoms with van der Waals surface area (Å²) in [7, 11) is 0. The lowest BCUT2D eigenvalue weighted by atomic mass is 9.90. The Kier molecular flexibility index (Phi) is 9.75. The summed E-state index contributed by atoms with van der Waals surface area (Å²) in [6, 6.07) is 80.5. The minimum Gasteiger partial charge on any atom is -0.309 e. The maximum Gasteiger partial charge on any atom is 0.415 e. The molecule has 0 saturated carbocycles. The topological polar surface area (TPSA) is 47.9 Å². The lowest BCUT2D eigenvalue weighted by Crippen LogP contribution is -2.04. The molecule has 0 aliphatic carbocycles. The second-order valence-corrected chi connectivity index (χ2v) is 19.7. The number of benzene rings is 11. The molecule has 0 aliphatic rings. The molecular weight excluding hydrogens is 970 g/mol. The second kappa shape index (κ2) is 17.0. The first-order valence-corrected chi connectivity index (χ1v) is 25.6. The molecule has 0 atom stereocenters. The molecule has 9 heteroatoms. The highest BCUT2D eigenvalue weighted by molar-refractivity contribution is 6.28. The Hall–Kier alpha value is -10.6. The van der Waals surface area contributed by atoms with Gasteiger partial charge in [-0.25, -0.2) is 4.85 Å². The van der Waals surface area contributed by atoms with Crippen LogP contribution in [0.3, 0.4) is 0 Å². The van der Waals surface area contributed by atoms with Crippen LogP contribution in [-0.4, -0.2) is 18.3 Å². The van der Waals surface area contributed by atoms with Crippen molar-refractivity contribution in [1.29, 1.82) is 5.26 Å². The summed E-state index contributed by atoms with van der Waals surface area (Å²) in [5.74, 6) is 0. The van der Waals surface area contributed by atoms with Crippen LogP contribution < -0.4 is 0 Å². The van der Waals surface area contributed by atoms with Gasteiger partial charge in [0, 0.05) is 71.3 Å². The van der Waals surface area contributed by atoms with Gasteiger partial charge in [-0.05, 0) is 114 Å². The summed E-state index contributed by atoms with van der Waals surface area (Å²) in [5, 5.41) is 19.4. The molecule has 15 rings (SSSR count). The standard InChI is InChI=1S/C69H39F3N6/c1-74-57-39-43(69(70,71)72)29-31-48(57)47-32-30-46(75-60-26-14-10-22-53(60)65-63(75)36-33-51-49-20-8-12-24-58(49)76(67(51)65)44-16-4-2-5-17-44)40-55(47)56-38-42(41-73)28-35-62(56)78-61-27-15-11-23-54(61)66-64(78)37-34-52-50-21-9-13-25-59(50)77(68(52)66)45-18-6-3-7-19-45/h2-40H. The number of nitrogens with zero attached hydrogens (tertiary/aromatic N) is 6. The molecule has 78 heavy (non-hydrogen) atoms. The van der Waals surface area contributed by atoms with Crippen molar-refractivity contribution < 1.29 is 13.2 Å². The van der Waals surface area contributed by atoms with E-state index in [2.05, 4.69) is 193 Å². The van der Waals surface area contributed by atoms with E-state index in [1.54, 1.807) is 0 Å². The van der Waals surface area contributed by atoms with E-state index in [0.717, 1.165) is 122 Å². The van der Waals surface area contributed by atoms with E-state index in [-0.39, 0.29) is 5.69 Å². The maximum absolute atomic E-state index is 14.4. The van der Waals surface area contributed by atoms with E-state index in [4.69, 9.17) is 6.57 Å². The molecule has 0 amide bonds. The Morgan fingerprint density at radius 1 is 0.372 bits per heavy atom. The summed E-state index contributed by atoms with van der Waals surface area (Å²) in [6.07, 6.45) is -4.67. The molecule has 4 heterocycles. The third-order valence-electron chi connectivity index (χ3n) is 15.6. The molecule has 11 aromatic carbocycles. The molecule has 0 N–H and O–H groups in total. The van der Waals surface area contributed by atoms with Crippen molar-refractivity contribution in [3.63, 3.8) is 0 Å². The zero-order valence-electron chi connectivity index (χ0n) is 41.3. The first-order chi connectivity index (χ1) is 38.3. The van der Waals surface area contributed by atoms with Gasteiger partial charge in [-0.1, -0.05) is 140 Å². The highest BCUT2D eigenvalue weighted by Crippen LogP contribution is 2.48. The molecule has 0 radical (unpaired) electrons. The van der Waals surface area contributed by atoms with Crippen LogP contribution in [0.1, 0.15) is 11.1 Å². The van der Waals surface area contributed by atoms with E-state index in [9.17, 15) is 18.4 Å². The Bertz CT molecular complexity index is 5100. The van der Waals surface area contributed by atoms with Gasteiger partial charge in [0.25, 0.3) is 0 Å². The van der Waals surface area contributed by atoms with Crippen LogP contribution in [0.4, 0.5) is 18.9 Å². The number of hydrogen-bond donors (Lipinski definition) is 0. The average molecular weight is 1010 g/mol. The Balaban J connectivity index is 1.06. The fourth-order valence-electron chi connectivity index (χ4n) is 12.4. The van der Waals surface area contributed by atoms with E-state index in [1.165, 1.54) is 6.07 Å². The van der Waals surface area contributed by atoms with Crippen LogP contribution >= 0.6 is 0 Å². The van der Waals surface area contributed by atoms with Gasteiger partial charge in [0.15, 0.2) is 5.69 Å². The van der Waals surface area contributed by atoms with Crippen molar-refractivity contribution >= 4 is 92.9 Å². The molecule has 15 aromatic rings. The van der Waals surface area contributed by atoms with Crippen LogP contribution in [-0.2, 0) is 6.18 Å². The molecule has 0 bridgehead atoms. The first-order valence-electron chi connectivity index (χ1n) is 25.6. The molecule has 0 unspecified atom stereocenters. The van der Waals surface area contributed by atoms with Crippen molar-refractivity contribution in [3.05, 3.63) is 259 Å². The minimum atomic E-state index is -4.67. The SMILES string of the molecule is [C-]#[N+]c1cc(C(F)(F)F)ccc1-c1ccc(-n2c3ccccc3c3c2ccc2c4ccccc4n(-c4ccccc4)c23)cc1-c1cc(C#N)ccc1-n1c2ccccc2c2c1ccc1c3ccccc3n(-c3ccccc3)c12. The van der Waals surface area contributed by atoms with E-state index in [1.807, 2.05) is 54.6 Å². The summed E-state index contributed by atoms with van der Waals surface area (Å²) in [5.41, 5.74) is 13.1. The summed E-state index contributed by atoms with van der Waals surface area (Å²) < 4.78 is 52.4. The third-order valence-corrected chi connectivity index (χ3v) is 15.6. The lowest BCUT2D eigenvalue weighted by molar-refractivity contribution is -0.137. The largest absolute Gasteiger partial charge is 0.415 e. The Morgan fingerprint density at radius 3 is 1.40 bits per heavy atom. The Morgan fingerprint density at radius 2 is 0.859 bits per heavy atom. The highest BCUT2D eigenvalue weighted by atomic mass is 19.4. The van der Waals surface area contributed by atoms with Gasteiger partial charge in [-0.2, -0.15) is 18.4 Å². The van der Waals surface area contributed by atoms with Gasteiger partial charge in [-0.15, -0.1) is 0 Å². The van der Waals surface area contributed by atoms with Crippen molar-refractivity contribution in [2.24, 2.45) is 0 Å². The van der Waals surface area contributed by atoms with Gasteiger partial charge >= 0.3 is 6.18 Å². The lowest BCUT2D eigenvalue weighted by Gasteiger charge is -2.20. The molecule has 4 aromatic heterocycles. The second-order valence-electron chi connectivity index (χ2n) is 19.7. The number of halogens is 3.